The van der Waals surface area contributed by atoms with Crippen molar-refractivity contribution in [3.05, 3.63) is 65.6 Å². The smallest absolute Gasteiger partial charge is 0.326 e. The normalized spacial score (nSPS) is 17.1. The summed E-state index contributed by atoms with van der Waals surface area (Å²) in [5.41, 5.74) is 1.75. The molecular weight excluding hydrogens is 406 g/mol. The second-order valence-electron chi connectivity index (χ2n) is 7.55. The van der Waals surface area contributed by atoms with Gasteiger partial charge in [-0.15, -0.1) is 0 Å². The first-order valence-corrected chi connectivity index (χ1v) is 10.1. The van der Waals surface area contributed by atoms with Crippen LogP contribution >= 0.6 is 0 Å². The van der Waals surface area contributed by atoms with Crippen LogP contribution in [0.15, 0.2) is 42.7 Å². The molecule has 0 saturated carbocycles. The van der Waals surface area contributed by atoms with Gasteiger partial charge in [0.15, 0.2) is 0 Å². The Kier molecular flexibility index (Phi) is 5.58. The summed E-state index contributed by atoms with van der Waals surface area (Å²) in [6, 6.07) is 5.69. The average Bonchev–Trinajstić information content (AvgIpc) is 3.40. The molecule has 1 aromatic carbocycles. The monoisotopic (exact) mass is 428 g/mol. The largest absolute Gasteiger partial charge is 0.480 e. The summed E-state index contributed by atoms with van der Waals surface area (Å²) in [5.74, 6) is -2.60. The number of hydrogen-bond donors (Lipinski definition) is 2. The molecule has 3 aromatic rings. The summed E-state index contributed by atoms with van der Waals surface area (Å²) in [4.78, 5) is 30.1. The van der Waals surface area contributed by atoms with E-state index in [1.54, 1.807) is 23.6 Å². The highest BCUT2D eigenvalue weighted by Crippen LogP contribution is 2.37. The first kappa shape index (κ1) is 20.8. The summed E-state index contributed by atoms with van der Waals surface area (Å²) in [6.45, 7) is 2.32. The lowest BCUT2D eigenvalue weighted by Gasteiger charge is -2.27. The number of halogens is 2. The molecule has 2 unspecified atom stereocenters. The molecule has 1 aliphatic rings. The van der Waals surface area contributed by atoms with Crippen LogP contribution in [0.3, 0.4) is 0 Å². The van der Waals surface area contributed by atoms with Gasteiger partial charge in [0.25, 0.3) is 5.91 Å². The second-order valence-corrected chi connectivity index (χ2v) is 7.55. The second kappa shape index (κ2) is 8.33. The lowest BCUT2D eigenvalue weighted by molar-refractivity contribution is -0.139. The number of anilines is 1. The molecule has 0 aliphatic carbocycles. The van der Waals surface area contributed by atoms with E-state index in [9.17, 15) is 23.5 Å². The van der Waals surface area contributed by atoms with E-state index in [2.05, 4.69) is 10.3 Å². The van der Waals surface area contributed by atoms with Gasteiger partial charge in [-0.2, -0.15) is 0 Å². The number of carboxylic acids is 1. The minimum atomic E-state index is -1.11. The van der Waals surface area contributed by atoms with Gasteiger partial charge in [0.2, 0.25) is 0 Å². The quantitative estimate of drug-likeness (QED) is 0.627. The molecule has 2 aromatic heterocycles. The maximum Gasteiger partial charge on any atom is 0.326 e. The lowest BCUT2D eigenvalue weighted by atomic mass is 10.0. The van der Waals surface area contributed by atoms with Crippen molar-refractivity contribution in [2.45, 2.75) is 38.3 Å². The standard InChI is InChI=1S/C22H22F2N4O3/c1-2-17(22(30)31)26-21(29)19-11-25-20-8-6-14(12-28(19)20)27-9-3-4-18(27)15-10-13(23)5-7-16(15)24/h5-8,10-12,17-18H,2-4,9H2,1H3,(H,26,29)(H,30,31). The fraction of sp³-hybridized carbons (Fsp3) is 0.318. The topological polar surface area (TPSA) is 86.9 Å². The summed E-state index contributed by atoms with van der Waals surface area (Å²) in [5, 5.41) is 11.7. The molecule has 9 heteroatoms. The Morgan fingerprint density at radius 3 is 2.84 bits per heavy atom. The Balaban J connectivity index is 1.67. The molecule has 0 radical (unpaired) electrons. The highest BCUT2D eigenvalue weighted by molar-refractivity contribution is 5.95. The molecule has 0 spiro atoms. The molecule has 3 heterocycles. The zero-order valence-electron chi connectivity index (χ0n) is 16.9. The third kappa shape index (κ3) is 3.95. The van der Waals surface area contributed by atoms with Gasteiger partial charge in [-0.3, -0.25) is 9.20 Å². The summed E-state index contributed by atoms with van der Waals surface area (Å²) < 4.78 is 29.7. The average molecular weight is 428 g/mol. The number of nitrogens with zero attached hydrogens (tertiary/aromatic N) is 3. The van der Waals surface area contributed by atoms with E-state index in [1.807, 2.05) is 11.0 Å². The van der Waals surface area contributed by atoms with Crippen molar-refractivity contribution in [2.24, 2.45) is 0 Å². The van der Waals surface area contributed by atoms with Crippen molar-refractivity contribution >= 4 is 23.2 Å². The van der Waals surface area contributed by atoms with Crippen molar-refractivity contribution in [3.8, 4) is 0 Å². The van der Waals surface area contributed by atoms with E-state index in [-0.39, 0.29) is 18.2 Å². The maximum atomic E-state index is 14.4. The van der Waals surface area contributed by atoms with E-state index >= 15 is 0 Å². The maximum absolute atomic E-state index is 14.4. The van der Waals surface area contributed by atoms with E-state index in [0.717, 1.165) is 24.2 Å². The van der Waals surface area contributed by atoms with Gasteiger partial charge in [-0.05, 0) is 49.6 Å². The van der Waals surface area contributed by atoms with Gasteiger partial charge in [0.1, 0.15) is 29.0 Å². The third-order valence-corrected chi connectivity index (χ3v) is 5.64. The molecule has 0 bridgehead atoms. The fourth-order valence-corrected chi connectivity index (χ4v) is 4.05. The number of aromatic nitrogens is 2. The van der Waals surface area contributed by atoms with Crippen LogP contribution in [-0.4, -0.2) is 39.0 Å². The highest BCUT2D eigenvalue weighted by Gasteiger charge is 2.29. The van der Waals surface area contributed by atoms with Gasteiger partial charge < -0.3 is 15.3 Å². The van der Waals surface area contributed by atoms with E-state index in [1.165, 1.54) is 12.3 Å². The number of amides is 1. The fourth-order valence-electron chi connectivity index (χ4n) is 4.05. The van der Waals surface area contributed by atoms with Crippen LogP contribution in [0.1, 0.15) is 48.3 Å². The predicted octanol–water partition coefficient (Wildman–Crippen LogP) is 3.55. The summed E-state index contributed by atoms with van der Waals surface area (Å²) in [7, 11) is 0. The van der Waals surface area contributed by atoms with Crippen LogP contribution in [0.2, 0.25) is 0 Å². The Morgan fingerprint density at radius 1 is 1.29 bits per heavy atom. The number of imidazole rings is 1. The van der Waals surface area contributed by atoms with Crippen molar-refractivity contribution in [1.82, 2.24) is 14.7 Å². The Bertz CT molecular complexity index is 1150. The van der Waals surface area contributed by atoms with E-state index in [0.29, 0.717) is 24.2 Å². The minimum Gasteiger partial charge on any atom is -0.480 e. The van der Waals surface area contributed by atoms with Crippen LogP contribution < -0.4 is 10.2 Å². The van der Waals surface area contributed by atoms with Gasteiger partial charge in [-0.25, -0.2) is 18.6 Å². The number of carbonyl (C=O) groups excluding carboxylic acids is 1. The van der Waals surface area contributed by atoms with Crippen LogP contribution in [0, 0.1) is 11.6 Å². The molecule has 2 N–H and O–H groups in total. The Hall–Kier alpha value is -3.49. The number of carboxylic acid groups (broad SMARTS) is 1. The van der Waals surface area contributed by atoms with Crippen molar-refractivity contribution in [2.75, 3.05) is 11.4 Å². The Labute approximate surface area is 177 Å². The third-order valence-electron chi connectivity index (χ3n) is 5.64. The molecule has 1 amide bonds. The molecule has 1 fully saturated rings. The number of benzene rings is 1. The molecule has 1 saturated heterocycles. The van der Waals surface area contributed by atoms with Gasteiger partial charge in [-0.1, -0.05) is 6.92 Å². The number of rotatable bonds is 6. The van der Waals surface area contributed by atoms with E-state index < -0.39 is 29.6 Å². The molecule has 2 atom stereocenters. The first-order chi connectivity index (χ1) is 14.9. The molecule has 7 nitrogen and oxygen atoms in total. The molecule has 1 aliphatic heterocycles. The predicted molar refractivity (Wildman–Crippen MR) is 110 cm³/mol. The first-order valence-electron chi connectivity index (χ1n) is 10.1. The van der Waals surface area contributed by atoms with Crippen LogP contribution in [0.25, 0.3) is 5.65 Å². The highest BCUT2D eigenvalue weighted by atomic mass is 19.1. The van der Waals surface area contributed by atoms with Gasteiger partial charge in [0.05, 0.1) is 17.9 Å². The van der Waals surface area contributed by atoms with Gasteiger partial charge >= 0.3 is 5.97 Å². The number of pyridine rings is 1. The number of aliphatic carboxylic acids is 1. The number of hydrogen-bond acceptors (Lipinski definition) is 4. The van der Waals surface area contributed by atoms with Crippen LogP contribution in [-0.2, 0) is 4.79 Å². The molecule has 162 valence electrons. The number of carbonyl (C=O) groups is 2. The van der Waals surface area contributed by atoms with Crippen molar-refractivity contribution < 1.29 is 23.5 Å². The summed E-state index contributed by atoms with van der Waals surface area (Å²) in [6.07, 6.45) is 4.84. The van der Waals surface area contributed by atoms with E-state index in [4.69, 9.17) is 0 Å². The minimum absolute atomic E-state index is 0.198. The lowest BCUT2D eigenvalue weighted by Crippen LogP contribution is -2.40. The van der Waals surface area contributed by atoms with Crippen LogP contribution in [0.5, 0.6) is 0 Å². The molecular formula is C22H22F2N4O3. The molecule has 31 heavy (non-hydrogen) atoms. The van der Waals surface area contributed by atoms with Crippen molar-refractivity contribution in [3.63, 3.8) is 0 Å². The van der Waals surface area contributed by atoms with Gasteiger partial charge in [0, 0.05) is 18.3 Å². The SMILES string of the molecule is CCC(NC(=O)c1cnc2ccc(N3CCCC3c3cc(F)ccc3F)cn12)C(=O)O. The number of nitrogens with one attached hydrogen (secondary N) is 1. The van der Waals surface area contributed by atoms with Crippen molar-refractivity contribution in [1.29, 1.82) is 0 Å². The molecule has 4 rings (SSSR count). The summed E-state index contributed by atoms with van der Waals surface area (Å²) >= 11 is 0. The van der Waals surface area contributed by atoms with Crippen LogP contribution in [0.4, 0.5) is 14.5 Å². The Morgan fingerprint density at radius 2 is 2.10 bits per heavy atom. The zero-order valence-corrected chi connectivity index (χ0v) is 16.9. The number of fused-ring (bicyclic) bond motifs is 1. The zero-order chi connectivity index (χ0) is 22.1.